The zero-order valence-corrected chi connectivity index (χ0v) is 14.6. The number of carbonyl (C=O) groups is 2. The first-order valence-corrected chi connectivity index (χ1v) is 9.27. The highest BCUT2D eigenvalue weighted by Gasteiger charge is 2.25. The van der Waals surface area contributed by atoms with Crippen LogP contribution in [0.4, 0.5) is 10.5 Å². The fourth-order valence-corrected chi connectivity index (χ4v) is 3.88. The van der Waals surface area contributed by atoms with Crippen molar-refractivity contribution in [3.8, 4) is 0 Å². The lowest BCUT2D eigenvalue weighted by atomic mass is 10.2. The van der Waals surface area contributed by atoms with Gasteiger partial charge >= 0.3 is 0 Å². The van der Waals surface area contributed by atoms with Crippen molar-refractivity contribution in [3.05, 3.63) is 51.5 Å². The number of aromatic nitrogens is 1. The highest BCUT2D eigenvalue weighted by molar-refractivity contribution is 8.18. The van der Waals surface area contributed by atoms with Gasteiger partial charge in [0.25, 0.3) is 11.1 Å². The Morgan fingerprint density at radius 3 is 3.00 bits per heavy atom. The van der Waals surface area contributed by atoms with Crippen LogP contribution in [-0.4, -0.2) is 22.7 Å². The maximum Gasteiger partial charge on any atom is 0.290 e. The molecule has 4 rings (SSSR count). The molecule has 25 heavy (non-hydrogen) atoms. The second kappa shape index (κ2) is 6.73. The summed E-state index contributed by atoms with van der Waals surface area (Å²) < 4.78 is 5.85. The molecule has 0 aliphatic carbocycles. The van der Waals surface area contributed by atoms with Crippen LogP contribution in [0.3, 0.4) is 0 Å². The number of thioether (sulfide) groups is 1. The van der Waals surface area contributed by atoms with Gasteiger partial charge in [-0.15, -0.1) is 11.3 Å². The number of hydrogen-bond acceptors (Lipinski definition) is 7. The van der Waals surface area contributed by atoms with Crippen LogP contribution >= 0.6 is 23.1 Å². The van der Waals surface area contributed by atoms with Crippen molar-refractivity contribution in [2.24, 2.45) is 0 Å². The summed E-state index contributed by atoms with van der Waals surface area (Å²) >= 11 is 2.60. The van der Waals surface area contributed by atoms with E-state index in [1.807, 2.05) is 6.07 Å². The van der Waals surface area contributed by atoms with Gasteiger partial charge in [0.1, 0.15) is 5.76 Å². The number of nitrogens with zero attached hydrogens (tertiary/aromatic N) is 1. The number of furan rings is 1. The van der Waals surface area contributed by atoms with Crippen molar-refractivity contribution < 1.29 is 14.0 Å². The van der Waals surface area contributed by atoms with Gasteiger partial charge in [-0.2, -0.15) is 0 Å². The Kier molecular flexibility index (Phi) is 4.29. The normalized spacial score (nSPS) is 15.9. The summed E-state index contributed by atoms with van der Waals surface area (Å²) in [6.45, 7) is 0.769. The number of amides is 2. The molecule has 0 spiro atoms. The van der Waals surface area contributed by atoms with Crippen LogP contribution in [0.25, 0.3) is 17.0 Å². The van der Waals surface area contributed by atoms with Crippen LogP contribution in [0.5, 0.6) is 0 Å². The van der Waals surface area contributed by atoms with Gasteiger partial charge < -0.3 is 9.73 Å². The molecule has 0 radical (unpaired) electrons. The Morgan fingerprint density at radius 2 is 2.24 bits per heavy atom. The van der Waals surface area contributed by atoms with Gasteiger partial charge in [-0.05, 0) is 35.7 Å². The van der Waals surface area contributed by atoms with Crippen molar-refractivity contribution in [2.45, 2.75) is 6.42 Å². The molecular formula is C17H13N3O3S2. The molecule has 6 nitrogen and oxygen atoms in total. The number of rotatable bonds is 5. The zero-order chi connectivity index (χ0) is 17.2. The van der Waals surface area contributed by atoms with Crippen LogP contribution < -0.4 is 10.6 Å². The summed E-state index contributed by atoms with van der Waals surface area (Å²) in [5.41, 5.74) is 1.49. The fourth-order valence-electron chi connectivity index (χ4n) is 2.50. The van der Waals surface area contributed by atoms with Crippen LogP contribution in [0, 0.1) is 0 Å². The monoisotopic (exact) mass is 371 g/mol. The summed E-state index contributed by atoms with van der Waals surface area (Å²) in [5, 5.41) is 8.09. The average Bonchev–Trinajstić information content (AvgIpc) is 3.29. The van der Waals surface area contributed by atoms with E-state index in [0.29, 0.717) is 16.2 Å². The van der Waals surface area contributed by atoms with Crippen molar-refractivity contribution in [3.63, 3.8) is 0 Å². The van der Waals surface area contributed by atoms with Gasteiger partial charge in [0.05, 0.1) is 16.8 Å². The minimum absolute atomic E-state index is 0.323. The third-order valence-corrected chi connectivity index (χ3v) is 5.37. The number of fused-ring (bicyclic) bond motifs is 1. The van der Waals surface area contributed by atoms with E-state index in [9.17, 15) is 9.59 Å². The van der Waals surface area contributed by atoms with Gasteiger partial charge in [-0.3, -0.25) is 19.9 Å². The Hall–Kier alpha value is -2.58. The first-order valence-electron chi connectivity index (χ1n) is 7.58. The molecule has 8 heteroatoms. The zero-order valence-electron chi connectivity index (χ0n) is 12.9. The van der Waals surface area contributed by atoms with Gasteiger partial charge in [0.2, 0.25) is 0 Å². The molecule has 4 heterocycles. The second-order valence-electron chi connectivity index (χ2n) is 5.36. The molecule has 3 aromatic heterocycles. The quantitative estimate of drug-likeness (QED) is 0.663. The number of hydrogen-bond donors (Lipinski definition) is 2. The fraction of sp³-hybridized carbons (Fsp3) is 0.118. The Bertz CT molecular complexity index is 976. The van der Waals surface area contributed by atoms with E-state index in [1.54, 1.807) is 35.9 Å². The van der Waals surface area contributed by atoms with Crippen LogP contribution in [-0.2, 0) is 11.2 Å². The molecule has 1 aliphatic heterocycles. The molecule has 0 saturated carbocycles. The van der Waals surface area contributed by atoms with Crippen LogP contribution in [0.2, 0.25) is 0 Å². The van der Waals surface area contributed by atoms with E-state index >= 15 is 0 Å². The summed E-state index contributed by atoms with van der Waals surface area (Å²) in [6.07, 6.45) is 5.92. The van der Waals surface area contributed by atoms with Gasteiger partial charge in [-0.1, -0.05) is 6.07 Å². The molecule has 1 saturated heterocycles. The number of anilines is 1. The van der Waals surface area contributed by atoms with Crippen molar-refractivity contribution in [2.75, 3.05) is 11.9 Å². The Balaban J connectivity index is 1.55. The lowest BCUT2D eigenvalue weighted by molar-refractivity contribution is -0.115. The molecule has 0 aromatic carbocycles. The third-order valence-electron chi connectivity index (χ3n) is 3.62. The number of pyridine rings is 1. The summed E-state index contributed by atoms with van der Waals surface area (Å²) in [6, 6.07) is 5.95. The molecule has 126 valence electrons. The molecule has 1 aliphatic rings. The first-order chi connectivity index (χ1) is 12.2. The van der Waals surface area contributed by atoms with E-state index in [0.717, 1.165) is 35.8 Å². The number of nitrogens with one attached hydrogen (secondary N) is 2. The lowest BCUT2D eigenvalue weighted by Gasteiger charge is -2.05. The standard InChI is InChI=1S/C17H13N3O3S2/c21-16-14(25-17(22)20-16)7-11-6-10-8-18-9-13(15(10)23-11)19-4-3-12-2-1-5-24-12/h1-2,5-9,19H,3-4H2,(H,20,21,22)/b14-7-. The Morgan fingerprint density at radius 1 is 1.32 bits per heavy atom. The van der Waals surface area contributed by atoms with Crippen molar-refractivity contribution in [1.82, 2.24) is 10.3 Å². The third kappa shape index (κ3) is 3.45. The highest BCUT2D eigenvalue weighted by Crippen LogP contribution is 2.30. The van der Waals surface area contributed by atoms with Gasteiger partial charge in [0.15, 0.2) is 5.58 Å². The van der Waals surface area contributed by atoms with E-state index < -0.39 is 5.91 Å². The largest absolute Gasteiger partial charge is 0.454 e. The summed E-state index contributed by atoms with van der Waals surface area (Å²) in [4.78, 5) is 28.7. The molecule has 0 atom stereocenters. The average molecular weight is 371 g/mol. The topological polar surface area (TPSA) is 84.2 Å². The van der Waals surface area contributed by atoms with Crippen LogP contribution in [0.1, 0.15) is 10.6 Å². The lowest BCUT2D eigenvalue weighted by Crippen LogP contribution is -2.17. The predicted molar refractivity (Wildman–Crippen MR) is 99.6 cm³/mol. The minimum Gasteiger partial charge on any atom is -0.454 e. The van der Waals surface area contributed by atoms with Gasteiger partial charge in [-0.25, -0.2) is 0 Å². The molecule has 0 unspecified atom stereocenters. The predicted octanol–water partition coefficient (Wildman–Crippen LogP) is 3.87. The van der Waals surface area contributed by atoms with Crippen molar-refractivity contribution >= 4 is 57.0 Å². The van der Waals surface area contributed by atoms with Crippen LogP contribution in [0.15, 0.2) is 45.3 Å². The molecule has 2 amide bonds. The molecular weight excluding hydrogens is 358 g/mol. The first kappa shape index (κ1) is 15.9. The van der Waals surface area contributed by atoms with Crippen molar-refractivity contribution in [1.29, 1.82) is 0 Å². The van der Waals surface area contributed by atoms with E-state index in [-0.39, 0.29) is 5.24 Å². The van der Waals surface area contributed by atoms with Gasteiger partial charge in [0, 0.05) is 29.1 Å². The van der Waals surface area contributed by atoms with E-state index in [2.05, 4.69) is 27.1 Å². The maximum absolute atomic E-state index is 11.6. The molecule has 3 aromatic rings. The maximum atomic E-state index is 11.6. The minimum atomic E-state index is -0.400. The smallest absolute Gasteiger partial charge is 0.290 e. The summed E-state index contributed by atoms with van der Waals surface area (Å²) in [7, 11) is 0. The van der Waals surface area contributed by atoms with E-state index in [4.69, 9.17) is 4.42 Å². The number of imide groups is 1. The number of carbonyl (C=O) groups excluding carboxylic acids is 2. The summed E-state index contributed by atoms with van der Waals surface area (Å²) in [5.74, 6) is 0.111. The second-order valence-corrected chi connectivity index (χ2v) is 7.41. The number of thiophene rings is 1. The SMILES string of the molecule is O=C1NC(=O)/C(=C/c2cc3cncc(NCCc4cccs4)c3o2)S1. The van der Waals surface area contributed by atoms with E-state index in [1.165, 1.54) is 4.88 Å². The molecule has 1 fully saturated rings. The Labute approximate surface area is 151 Å². The highest BCUT2D eigenvalue weighted by atomic mass is 32.2. The molecule has 0 bridgehead atoms. The molecule has 2 N–H and O–H groups in total.